The Morgan fingerprint density at radius 3 is 2.59 bits per heavy atom. The molecule has 2 aromatic heterocycles. The second-order valence-electron chi connectivity index (χ2n) is 3.02. The summed E-state index contributed by atoms with van der Waals surface area (Å²) >= 11 is 0. The van der Waals surface area contributed by atoms with Gasteiger partial charge in [-0.1, -0.05) is 0 Å². The second-order valence-corrected chi connectivity index (χ2v) is 3.02. The fourth-order valence-corrected chi connectivity index (χ4v) is 1.26. The number of carbonyl (C=O) groups is 1. The van der Waals surface area contributed by atoms with Crippen molar-refractivity contribution in [2.45, 2.75) is 0 Å². The largest absolute Gasteiger partial charge is 0.434 e. The average Bonchev–Trinajstić information content (AvgIpc) is 2.75. The number of amides is 1. The molecule has 1 amide bonds. The highest BCUT2D eigenvalue weighted by atomic mass is 16.6. The van der Waals surface area contributed by atoms with E-state index in [1.54, 1.807) is 6.07 Å². The summed E-state index contributed by atoms with van der Waals surface area (Å²) in [5.41, 5.74) is 5.16. The van der Waals surface area contributed by atoms with E-state index in [2.05, 4.69) is 9.97 Å². The third-order valence-electron chi connectivity index (χ3n) is 1.93. The van der Waals surface area contributed by atoms with Crippen LogP contribution in [0, 0.1) is 10.1 Å². The summed E-state index contributed by atoms with van der Waals surface area (Å²) in [5, 5.41) is 10.5. The van der Waals surface area contributed by atoms with Gasteiger partial charge in [0.1, 0.15) is 4.92 Å². The minimum Gasteiger partial charge on any atom is -0.395 e. The lowest BCUT2D eigenvalue weighted by atomic mass is 10.2. The van der Waals surface area contributed by atoms with Crippen LogP contribution in [0.5, 0.6) is 0 Å². The van der Waals surface area contributed by atoms with Crippen LogP contribution in [0.2, 0.25) is 0 Å². The molecule has 0 aliphatic carbocycles. The molecule has 0 bridgehead atoms. The lowest BCUT2D eigenvalue weighted by Gasteiger charge is -1.95. The van der Waals surface area contributed by atoms with Gasteiger partial charge in [0, 0.05) is 12.4 Å². The molecule has 0 saturated carbocycles. The van der Waals surface area contributed by atoms with Crippen LogP contribution in [0.25, 0.3) is 11.4 Å². The molecule has 0 unspecified atom stereocenters. The molecule has 0 spiro atoms. The molecule has 2 aromatic rings. The van der Waals surface area contributed by atoms with Crippen LogP contribution in [0.15, 0.2) is 28.9 Å². The van der Waals surface area contributed by atoms with Crippen LogP contribution >= 0.6 is 0 Å². The monoisotopic (exact) mass is 234 g/mol. The van der Waals surface area contributed by atoms with Crippen molar-refractivity contribution in [1.29, 1.82) is 0 Å². The molecular weight excluding hydrogens is 228 g/mol. The summed E-state index contributed by atoms with van der Waals surface area (Å²) in [6, 6.07) is 2.64. The Kier molecular flexibility index (Phi) is 2.53. The van der Waals surface area contributed by atoms with Gasteiger partial charge in [-0.3, -0.25) is 14.9 Å². The summed E-state index contributed by atoms with van der Waals surface area (Å²) in [6.07, 6.45) is 2.87. The van der Waals surface area contributed by atoms with Crippen molar-refractivity contribution < 1.29 is 14.1 Å². The Bertz CT molecular complexity index is 578. The SMILES string of the molecule is NC(=O)c1oc([N+](=O)[O-])cc1-c1ncccn1. The van der Waals surface area contributed by atoms with E-state index < -0.39 is 16.7 Å². The Balaban J connectivity index is 2.60. The number of hydrogen-bond donors (Lipinski definition) is 1. The van der Waals surface area contributed by atoms with E-state index in [0.717, 1.165) is 6.07 Å². The van der Waals surface area contributed by atoms with Crippen molar-refractivity contribution in [3.05, 3.63) is 40.4 Å². The molecule has 0 aliphatic rings. The topological polar surface area (TPSA) is 125 Å². The summed E-state index contributed by atoms with van der Waals surface area (Å²) in [6.45, 7) is 0. The first-order chi connectivity index (χ1) is 8.09. The maximum Gasteiger partial charge on any atom is 0.434 e. The number of nitro groups is 1. The molecule has 17 heavy (non-hydrogen) atoms. The lowest BCUT2D eigenvalue weighted by Crippen LogP contribution is -2.11. The number of furan rings is 1. The van der Waals surface area contributed by atoms with E-state index in [1.807, 2.05) is 0 Å². The highest BCUT2D eigenvalue weighted by Crippen LogP contribution is 2.28. The molecule has 0 radical (unpaired) electrons. The summed E-state index contributed by atoms with van der Waals surface area (Å²) in [7, 11) is 0. The smallest absolute Gasteiger partial charge is 0.395 e. The normalized spacial score (nSPS) is 10.1. The van der Waals surface area contributed by atoms with Gasteiger partial charge >= 0.3 is 5.88 Å². The van der Waals surface area contributed by atoms with Crippen molar-refractivity contribution in [1.82, 2.24) is 9.97 Å². The van der Waals surface area contributed by atoms with Crippen LogP contribution in [-0.2, 0) is 0 Å². The fourth-order valence-electron chi connectivity index (χ4n) is 1.26. The molecule has 2 heterocycles. The second kappa shape index (κ2) is 4.00. The lowest BCUT2D eigenvalue weighted by molar-refractivity contribution is -0.402. The molecule has 0 saturated heterocycles. The first-order valence-corrected chi connectivity index (χ1v) is 4.45. The van der Waals surface area contributed by atoms with Crippen LogP contribution in [0.3, 0.4) is 0 Å². The van der Waals surface area contributed by atoms with E-state index in [1.165, 1.54) is 12.4 Å². The van der Waals surface area contributed by atoms with Crippen LogP contribution in [-0.4, -0.2) is 20.8 Å². The summed E-state index contributed by atoms with van der Waals surface area (Å²) < 4.78 is 4.74. The number of rotatable bonds is 3. The highest BCUT2D eigenvalue weighted by Gasteiger charge is 2.24. The number of nitrogens with zero attached hydrogens (tertiary/aromatic N) is 3. The molecule has 8 heteroatoms. The number of nitrogens with two attached hydrogens (primary N) is 1. The van der Waals surface area contributed by atoms with E-state index in [4.69, 9.17) is 10.2 Å². The third-order valence-corrected chi connectivity index (χ3v) is 1.93. The van der Waals surface area contributed by atoms with Crippen molar-refractivity contribution in [2.75, 3.05) is 0 Å². The third kappa shape index (κ3) is 1.95. The van der Waals surface area contributed by atoms with Gasteiger partial charge < -0.3 is 10.2 Å². The van der Waals surface area contributed by atoms with Crippen molar-refractivity contribution in [3.8, 4) is 11.4 Å². The molecule has 86 valence electrons. The minimum absolute atomic E-state index is 0.102. The summed E-state index contributed by atoms with van der Waals surface area (Å²) in [5.74, 6) is -1.69. The van der Waals surface area contributed by atoms with Gasteiger partial charge in [-0.25, -0.2) is 9.97 Å². The molecule has 0 atom stereocenters. The first kappa shape index (κ1) is 10.7. The summed E-state index contributed by atoms with van der Waals surface area (Å²) in [4.78, 5) is 28.6. The highest BCUT2D eigenvalue weighted by molar-refractivity contribution is 5.96. The van der Waals surface area contributed by atoms with Gasteiger partial charge in [0.15, 0.2) is 5.82 Å². The van der Waals surface area contributed by atoms with Crippen LogP contribution in [0.4, 0.5) is 5.88 Å². The Labute approximate surface area is 94.2 Å². The van der Waals surface area contributed by atoms with Crippen LogP contribution in [0.1, 0.15) is 10.6 Å². The van der Waals surface area contributed by atoms with Gasteiger partial charge in [0.2, 0.25) is 5.76 Å². The molecule has 8 nitrogen and oxygen atoms in total. The zero-order chi connectivity index (χ0) is 12.4. The quantitative estimate of drug-likeness (QED) is 0.616. The van der Waals surface area contributed by atoms with Gasteiger partial charge in [-0.05, 0) is 6.07 Å². The van der Waals surface area contributed by atoms with E-state index in [0.29, 0.717) is 0 Å². The van der Waals surface area contributed by atoms with Gasteiger partial charge in [-0.15, -0.1) is 0 Å². The molecular formula is C9H6N4O4. The Morgan fingerprint density at radius 2 is 2.06 bits per heavy atom. The van der Waals surface area contributed by atoms with Crippen molar-refractivity contribution in [2.24, 2.45) is 5.73 Å². The van der Waals surface area contributed by atoms with Crippen molar-refractivity contribution >= 4 is 11.8 Å². The molecule has 2 N–H and O–H groups in total. The maximum absolute atomic E-state index is 11.1. The van der Waals surface area contributed by atoms with Gasteiger partial charge in [-0.2, -0.15) is 0 Å². The molecule has 2 rings (SSSR count). The van der Waals surface area contributed by atoms with Gasteiger partial charge in [0.25, 0.3) is 5.91 Å². The fraction of sp³-hybridized carbons (Fsp3) is 0. The zero-order valence-electron chi connectivity index (χ0n) is 8.36. The number of carbonyl (C=O) groups excluding carboxylic acids is 1. The number of primary amides is 1. The first-order valence-electron chi connectivity index (χ1n) is 4.45. The number of hydrogen-bond acceptors (Lipinski definition) is 6. The predicted octanol–water partition coefficient (Wildman–Crippen LogP) is 0.744. The van der Waals surface area contributed by atoms with Gasteiger partial charge in [0.05, 0.1) is 11.6 Å². The van der Waals surface area contributed by atoms with Crippen molar-refractivity contribution in [3.63, 3.8) is 0 Å². The predicted molar refractivity (Wildman–Crippen MR) is 54.9 cm³/mol. The molecule has 0 aliphatic heterocycles. The standard InChI is InChI=1S/C9H6N4O4/c10-8(14)7-5(4-6(17-7)13(15)16)9-11-2-1-3-12-9/h1-4H,(H2,10,14). The minimum atomic E-state index is -0.916. The van der Waals surface area contributed by atoms with E-state index >= 15 is 0 Å². The maximum atomic E-state index is 11.1. The average molecular weight is 234 g/mol. The molecule has 0 aromatic carbocycles. The number of aromatic nitrogens is 2. The van der Waals surface area contributed by atoms with Crippen LogP contribution < -0.4 is 5.73 Å². The Morgan fingerprint density at radius 1 is 1.41 bits per heavy atom. The van der Waals surface area contributed by atoms with E-state index in [-0.39, 0.29) is 17.1 Å². The Hall–Kier alpha value is -2.77. The zero-order valence-corrected chi connectivity index (χ0v) is 8.36. The molecule has 0 fully saturated rings. The van der Waals surface area contributed by atoms with E-state index in [9.17, 15) is 14.9 Å².